The van der Waals surface area contributed by atoms with Crippen molar-refractivity contribution in [2.75, 3.05) is 32.7 Å². The van der Waals surface area contributed by atoms with Gasteiger partial charge in [0.15, 0.2) is 0 Å². The lowest BCUT2D eigenvalue weighted by Crippen LogP contribution is -2.46. The van der Waals surface area contributed by atoms with Gasteiger partial charge in [-0.3, -0.25) is 9.69 Å². The summed E-state index contributed by atoms with van der Waals surface area (Å²) in [7, 11) is 0. The Hall–Kier alpha value is -1.10. The van der Waals surface area contributed by atoms with E-state index in [4.69, 9.17) is 0 Å². The Balaban J connectivity index is 0.00000242. The summed E-state index contributed by atoms with van der Waals surface area (Å²) < 4.78 is 0. The highest BCUT2D eigenvalue weighted by molar-refractivity contribution is 5.94. The fourth-order valence-corrected chi connectivity index (χ4v) is 2.70. The maximum Gasteiger partial charge on any atom is 0.253 e. The first kappa shape index (κ1) is 18.9. The van der Waals surface area contributed by atoms with Crippen molar-refractivity contribution in [1.29, 1.82) is 0 Å². The minimum Gasteiger partial charge on any atom is -0.336 e. The van der Waals surface area contributed by atoms with Gasteiger partial charge in [0.05, 0.1) is 0 Å². The summed E-state index contributed by atoms with van der Waals surface area (Å²) in [4.78, 5) is 16.7. The number of halogens is 1. The zero-order chi connectivity index (χ0) is 15.2. The quantitative estimate of drug-likeness (QED) is 0.903. The minimum absolute atomic E-state index is 0. The lowest BCUT2D eigenvalue weighted by atomic mass is 10.1. The van der Waals surface area contributed by atoms with E-state index in [1.54, 1.807) is 0 Å². The Morgan fingerprint density at radius 2 is 1.82 bits per heavy atom. The predicted molar refractivity (Wildman–Crippen MR) is 93.7 cm³/mol. The van der Waals surface area contributed by atoms with Crippen LogP contribution < -0.4 is 5.32 Å². The van der Waals surface area contributed by atoms with Gasteiger partial charge in [-0.05, 0) is 38.1 Å². The lowest BCUT2D eigenvalue weighted by molar-refractivity contribution is 0.0736. The number of carbonyl (C=O) groups is 1. The molecule has 4 nitrogen and oxygen atoms in total. The van der Waals surface area contributed by atoms with Gasteiger partial charge in [0.1, 0.15) is 0 Å². The van der Waals surface area contributed by atoms with E-state index >= 15 is 0 Å². The summed E-state index contributed by atoms with van der Waals surface area (Å²) in [6.45, 7) is 12.0. The van der Waals surface area contributed by atoms with E-state index in [0.29, 0.717) is 6.04 Å². The predicted octanol–water partition coefficient (Wildman–Crippen LogP) is 2.38. The molecule has 0 unspecified atom stereocenters. The van der Waals surface area contributed by atoms with Crippen LogP contribution in [0.1, 0.15) is 36.7 Å². The summed E-state index contributed by atoms with van der Waals surface area (Å²) >= 11 is 0. The SMILES string of the molecule is CCN(Cc1ccc(C(=O)N2CCNCC2)cc1)C(C)C.Cl. The van der Waals surface area contributed by atoms with E-state index in [2.05, 4.69) is 43.1 Å². The fraction of sp³-hybridized carbons (Fsp3) is 0.588. The molecule has 1 saturated heterocycles. The molecule has 124 valence electrons. The van der Waals surface area contributed by atoms with Crippen molar-refractivity contribution in [3.63, 3.8) is 0 Å². The highest BCUT2D eigenvalue weighted by atomic mass is 35.5. The van der Waals surface area contributed by atoms with Crippen molar-refractivity contribution in [3.8, 4) is 0 Å². The Labute approximate surface area is 140 Å². The van der Waals surface area contributed by atoms with Crippen LogP contribution in [0.25, 0.3) is 0 Å². The third-order valence-electron chi connectivity index (χ3n) is 4.13. The Morgan fingerprint density at radius 1 is 1.23 bits per heavy atom. The van der Waals surface area contributed by atoms with Crippen LogP contribution >= 0.6 is 12.4 Å². The van der Waals surface area contributed by atoms with E-state index < -0.39 is 0 Å². The van der Waals surface area contributed by atoms with Crippen LogP contribution in [0.15, 0.2) is 24.3 Å². The van der Waals surface area contributed by atoms with Crippen LogP contribution in [0.4, 0.5) is 0 Å². The summed E-state index contributed by atoms with van der Waals surface area (Å²) in [6, 6.07) is 8.64. The van der Waals surface area contributed by atoms with Gasteiger partial charge in [-0.15, -0.1) is 12.4 Å². The highest BCUT2D eigenvalue weighted by Gasteiger charge is 2.17. The molecule has 22 heavy (non-hydrogen) atoms. The number of nitrogens with one attached hydrogen (secondary N) is 1. The molecule has 1 aromatic rings. The zero-order valence-electron chi connectivity index (χ0n) is 13.8. The molecule has 5 heteroatoms. The zero-order valence-corrected chi connectivity index (χ0v) is 14.7. The monoisotopic (exact) mass is 325 g/mol. The molecule has 0 aliphatic carbocycles. The van der Waals surface area contributed by atoms with Gasteiger partial charge in [-0.2, -0.15) is 0 Å². The number of amides is 1. The molecule has 1 heterocycles. The molecule has 0 saturated carbocycles. The van der Waals surface area contributed by atoms with Crippen molar-refractivity contribution >= 4 is 18.3 Å². The van der Waals surface area contributed by atoms with Crippen LogP contribution in [0, 0.1) is 0 Å². The normalized spacial score (nSPS) is 15.0. The van der Waals surface area contributed by atoms with Gasteiger partial charge < -0.3 is 10.2 Å². The van der Waals surface area contributed by atoms with E-state index in [-0.39, 0.29) is 18.3 Å². The average Bonchev–Trinajstić information content (AvgIpc) is 2.53. The maximum atomic E-state index is 12.4. The molecule has 1 aliphatic heterocycles. The summed E-state index contributed by atoms with van der Waals surface area (Å²) in [5.41, 5.74) is 2.07. The maximum absolute atomic E-state index is 12.4. The number of carbonyl (C=O) groups excluding carboxylic acids is 1. The molecule has 0 bridgehead atoms. The van der Waals surface area contributed by atoms with Gasteiger partial charge in [0.2, 0.25) is 0 Å². The van der Waals surface area contributed by atoms with Gasteiger partial charge in [0.25, 0.3) is 5.91 Å². The van der Waals surface area contributed by atoms with E-state index in [0.717, 1.165) is 44.8 Å². The van der Waals surface area contributed by atoms with Crippen LogP contribution in [-0.2, 0) is 6.54 Å². The Bertz CT molecular complexity index is 455. The first-order chi connectivity index (χ1) is 10.1. The number of benzene rings is 1. The topological polar surface area (TPSA) is 35.6 Å². The average molecular weight is 326 g/mol. The number of nitrogens with zero attached hydrogens (tertiary/aromatic N) is 2. The molecule has 1 aromatic carbocycles. The third-order valence-corrected chi connectivity index (χ3v) is 4.13. The second-order valence-corrected chi connectivity index (χ2v) is 5.90. The van der Waals surface area contributed by atoms with Gasteiger partial charge in [-0.1, -0.05) is 19.1 Å². The largest absolute Gasteiger partial charge is 0.336 e. The molecule has 0 spiro atoms. The van der Waals surface area contributed by atoms with Crippen LogP contribution in [-0.4, -0.2) is 54.5 Å². The molecule has 0 atom stereocenters. The first-order valence-electron chi connectivity index (χ1n) is 7.94. The summed E-state index contributed by atoms with van der Waals surface area (Å²) in [5, 5.41) is 3.27. The molecular formula is C17H28ClN3O. The number of rotatable bonds is 5. The fourth-order valence-electron chi connectivity index (χ4n) is 2.70. The van der Waals surface area contributed by atoms with Gasteiger partial charge in [0, 0.05) is 44.3 Å². The Morgan fingerprint density at radius 3 is 2.32 bits per heavy atom. The first-order valence-corrected chi connectivity index (χ1v) is 7.94. The number of hydrogen-bond donors (Lipinski definition) is 1. The molecule has 2 rings (SSSR count). The summed E-state index contributed by atoms with van der Waals surface area (Å²) in [6.07, 6.45) is 0. The molecule has 1 fully saturated rings. The van der Waals surface area contributed by atoms with Crippen LogP contribution in [0.3, 0.4) is 0 Å². The van der Waals surface area contributed by atoms with Gasteiger partial charge >= 0.3 is 0 Å². The van der Waals surface area contributed by atoms with E-state index in [1.165, 1.54) is 5.56 Å². The molecule has 1 N–H and O–H groups in total. The smallest absolute Gasteiger partial charge is 0.253 e. The third kappa shape index (κ3) is 4.97. The summed E-state index contributed by atoms with van der Waals surface area (Å²) in [5.74, 6) is 0.152. The van der Waals surface area contributed by atoms with E-state index in [1.807, 2.05) is 17.0 Å². The standard InChI is InChI=1S/C17H27N3O.ClH/c1-4-19(14(2)3)13-15-5-7-16(8-6-15)17(21)20-11-9-18-10-12-20;/h5-8,14,18H,4,9-13H2,1-3H3;1H. The van der Waals surface area contributed by atoms with Crippen molar-refractivity contribution in [1.82, 2.24) is 15.1 Å². The van der Waals surface area contributed by atoms with Crippen LogP contribution in [0.5, 0.6) is 0 Å². The van der Waals surface area contributed by atoms with Crippen molar-refractivity contribution in [2.24, 2.45) is 0 Å². The van der Waals surface area contributed by atoms with Crippen molar-refractivity contribution in [3.05, 3.63) is 35.4 Å². The lowest BCUT2D eigenvalue weighted by Gasteiger charge is -2.27. The second-order valence-electron chi connectivity index (χ2n) is 5.90. The van der Waals surface area contributed by atoms with E-state index in [9.17, 15) is 4.79 Å². The number of piperazine rings is 1. The molecule has 1 aliphatic rings. The molecule has 0 aromatic heterocycles. The van der Waals surface area contributed by atoms with Crippen molar-refractivity contribution in [2.45, 2.75) is 33.4 Å². The Kier molecular flexibility index (Phi) is 7.87. The number of hydrogen-bond acceptors (Lipinski definition) is 3. The second kappa shape index (κ2) is 9.13. The molecular weight excluding hydrogens is 298 g/mol. The van der Waals surface area contributed by atoms with Crippen molar-refractivity contribution < 1.29 is 4.79 Å². The minimum atomic E-state index is 0. The molecule has 1 amide bonds. The molecule has 0 radical (unpaired) electrons. The van der Waals surface area contributed by atoms with Gasteiger partial charge in [-0.25, -0.2) is 0 Å². The highest BCUT2D eigenvalue weighted by Crippen LogP contribution is 2.12. The van der Waals surface area contributed by atoms with Crippen LogP contribution in [0.2, 0.25) is 0 Å².